The number of aliphatic hydroxyl groups excluding tert-OH is 1. The Morgan fingerprint density at radius 3 is 2.21 bits per heavy atom. The summed E-state index contributed by atoms with van der Waals surface area (Å²) < 4.78 is 5.85. The molecule has 0 atom stereocenters. The first kappa shape index (κ1) is 31.3. The molecule has 2 aromatic carbocycles. The van der Waals surface area contributed by atoms with E-state index >= 15 is 0 Å². The van der Waals surface area contributed by atoms with Crippen LogP contribution in [0.15, 0.2) is 54.6 Å². The Hall–Kier alpha value is -3.14. The van der Waals surface area contributed by atoms with Crippen molar-refractivity contribution in [1.29, 1.82) is 0 Å². The van der Waals surface area contributed by atoms with Gasteiger partial charge in [0, 0.05) is 51.4 Å². The maximum atomic E-state index is 13.6. The van der Waals surface area contributed by atoms with Crippen molar-refractivity contribution in [2.75, 3.05) is 77.1 Å². The SMILES string of the molecule is O=C1N(CCCOC(=O)N(c2ccccc2-c2ccccc2)N2CCCCC2)CCN1CCCN1CCC(CCO)CC1. The lowest BCUT2D eigenvalue weighted by molar-refractivity contribution is 0.118. The van der Waals surface area contributed by atoms with E-state index in [1.807, 2.05) is 46.2 Å². The highest BCUT2D eigenvalue weighted by atomic mass is 16.6. The van der Waals surface area contributed by atoms with E-state index in [1.165, 1.54) is 6.42 Å². The van der Waals surface area contributed by atoms with Crippen LogP contribution in [0.4, 0.5) is 15.3 Å². The van der Waals surface area contributed by atoms with Crippen molar-refractivity contribution in [1.82, 2.24) is 19.7 Å². The van der Waals surface area contributed by atoms with Crippen molar-refractivity contribution in [2.45, 2.75) is 51.4 Å². The summed E-state index contributed by atoms with van der Waals surface area (Å²) in [5.74, 6) is 0.659. The van der Waals surface area contributed by atoms with Gasteiger partial charge < -0.3 is 24.5 Å². The topological polar surface area (TPSA) is 79.8 Å². The van der Waals surface area contributed by atoms with Crippen LogP contribution < -0.4 is 5.01 Å². The molecule has 0 aromatic heterocycles. The highest BCUT2D eigenvalue weighted by Crippen LogP contribution is 2.33. The predicted octanol–water partition coefficient (Wildman–Crippen LogP) is 5.31. The van der Waals surface area contributed by atoms with Crippen LogP contribution in [0.3, 0.4) is 0 Å². The zero-order chi connectivity index (χ0) is 29.9. The lowest BCUT2D eigenvalue weighted by atomic mass is 9.94. The van der Waals surface area contributed by atoms with Gasteiger partial charge in [0.1, 0.15) is 0 Å². The second-order valence-corrected chi connectivity index (χ2v) is 12.1. The standard InChI is InChI=1S/C34H49N5O4/c40-27-17-29-15-23-35(24-16-29)18-9-19-36-25-26-37(33(36)41)20-10-28-43-34(42)39(38-21-7-2-8-22-38)32-14-6-5-13-31(32)30-11-3-1-4-12-30/h1,3-6,11-14,29,40H,2,7-10,15-28H2. The van der Waals surface area contributed by atoms with E-state index in [4.69, 9.17) is 9.84 Å². The number of nitrogens with zero attached hydrogens (tertiary/aromatic N) is 5. The number of anilines is 1. The summed E-state index contributed by atoms with van der Waals surface area (Å²) in [6.45, 7) is 8.27. The first-order chi connectivity index (χ1) is 21.1. The minimum Gasteiger partial charge on any atom is -0.448 e. The molecule has 0 unspecified atom stereocenters. The Balaban J connectivity index is 1.08. The number of rotatable bonds is 13. The number of para-hydroxylation sites is 1. The molecule has 9 nitrogen and oxygen atoms in total. The molecule has 3 fully saturated rings. The van der Waals surface area contributed by atoms with Crippen LogP contribution in [-0.4, -0.2) is 109 Å². The number of aliphatic hydroxyl groups is 1. The largest absolute Gasteiger partial charge is 0.448 e. The number of carbonyl (C=O) groups excluding carboxylic acids is 2. The zero-order valence-corrected chi connectivity index (χ0v) is 25.6. The van der Waals surface area contributed by atoms with Gasteiger partial charge in [0.15, 0.2) is 0 Å². The van der Waals surface area contributed by atoms with Gasteiger partial charge in [-0.2, -0.15) is 0 Å². The monoisotopic (exact) mass is 591 g/mol. The Bertz CT molecular complexity index is 1150. The van der Waals surface area contributed by atoms with Crippen molar-refractivity contribution in [3.8, 4) is 11.1 Å². The van der Waals surface area contributed by atoms with Crippen LogP contribution in [-0.2, 0) is 4.74 Å². The fourth-order valence-corrected chi connectivity index (χ4v) is 6.65. The minimum absolute atomic E-state index is 0.0970. The van der Waals surface area contributed by atoms with E-state index in [0.717, 1.165) is 108 Å². The van der Waals surface area contributed by atoms with Crippen LogP contribution in [0.2, 0.25) is 0 Å². The third-order valence-electron chi connectivity index (χ3n) is 9.13. The van der Waals surface area contributed by atoms with Gasteiger partial charge in [-0.15, -0.1) is 0 Å². The number of ether oxygens (including phenoxy) is 1. The Labute approximate surface area is 256 Å². The minimum atomic E-state index is -0.361. The maximum Gasteiger partial charge on any atom is 0.429 e. The van der Waals surface area contributed by atoms with Crippen molar-refractivity contribution < 1.29 is 19.4 Å². The molecule has 234 valence electrons. The lowest BCUT2D eigenvalue weighted by Crippen LogP contribution is -2.49. The van der Waals surface area contributed by atoms with Crippen LogP contribution in [0.5, 0.6) is 0 Å². The molecule has 0 bridgehead atoms. The second-order valence-electron chi connectivity index (χ2n) is 12.1. The van der Waals surface area contributed by atoms with E-state index in [0.29, 0.717) is 25.5 Å². The number of hydrogen-bond acceptors (Lipinski definition) is 6. The summed E-state index contributed by atoms with van der Waals surface area (Å²) in [5, 5.41) is 13.0. The second kappa shape index (κ2) is 16.1. The molecule has 2 aromatic rings. The van der Waals surface area contributed by atoms with E-state index in [-0.39, 0.29) is 18.7 Å². The van der Waals surface area contributed by atoms with Gasteiger partial charge in [0.25, 0.3) is 0 Å². The average molecular weight is 592 g/mol. The zero-order valence-electron chi connectivity index (χ0n) is 25.6. The summed E-state index contributed by atoms with van der Waals surface area (Å²) in [6, 6.07) is 18.3. The molecule has 3 aliphatic heterocycles. The Kier molecular flexibility index (Phi) is 11.7. The van der Waals surface area contributed by atoms with Gasteiger partial charge in [-0.05, 0) is 82.1 Å². The van der Waals surface area contributed by atoms with Crippen LogP contribution >= 0.6 is 0 Å². The average Bonchev–Trinajstić information content (AvgIpc) is 3.40. The molecule has 3 amide bonds. The first-order valence-corrected chi connectivity index (χ1v) is 16.4. The van der Waals surface area contributed by atoms with Gasteiger partial charge in [-0.25, -0.2) is 19.6 Å². The van der Waals surface area contributed by atoms with E-state index in [1.54, 1.807) is 5.01 Å². The molecule has 43 heavy (non-hydrogen) atoms. The lowest BCUT2D eigenvalue weighted by Gasteiger charge is -2.37. The van der Waals surface area contributed by atoms with Crippen LogP contribution in [0, 0.1) is 5.92 Å². The molecule has 3 heterocycles. The summed E-state index contributed by atoms with van der Waals surface area (Å²) in [7, 11) is 0. The van der Waals surface area contributed by atoms with Crippen LogP contribution in [0.1, 0.15) is 51.4 Å². The fraction of sp³-hybridized carbons (Fsp3) is 0.588. The number of amides is 3. The van der Waals surface area contributed by atoms with Crippen molar-refractivity contribution in [3.63, 3.8) is 0 Å². The van der Waals surface area contributed by atoms with Crippen molar-refractivity contribution in [2.24, 2.45) is 5.92 Å². The molecule has 3 saturated heterocycles. The fourth-order valence-electron chi connectivity index (χ4n) is 6.65. The number of benzene rings is 2. The number of piperidine rings is 2. The summed E-state index contributed by atoms with van der Waals surface area (Å²) in [5.41, 5.74) is 2.90. The normalized spacial score (nSPS) is 18.8. The van der Waals surface area contributed by atoms with Crippen molar-refractivity contribution >= 4 is 17.8 Å². The molecular formula is C34H49N5O4. The maximum absolute atomic E-state index is 13.6. The summed E-state index contributed by atoms with van der Waals surface area (Å²) in [4.78, 5) is 32.9. The third kappa shape index (κ3) is 8.49. The van der Waals surface area contributed by atoms with E-state index in [9.17, 15) is 9.59 Å². The molecule has 0 radical (unpaired) electrons. The van der Waals surface area contributed by atoms with Gasteiger partial charge >= 0.3 is 12.1 Å². The third-order valence-corrected chi connectivity index (χ3v) is 9.13. The van der Waals surface area contributed by atoms with Gasteiger partial charge in [-0.3, -0.25) is 0 Å². The van der Waals surface area contributed by atoms with E-state index in [2.05, 4.69) is 28.1 Å². The summed E-state index contributed by atoms with van der Waals surface area (Å²) in [6.07, 6.45) is 7.76. The summed E-state index contributed by atoms with van der Waals surface area (Å²) >= 11 is 0. The highest BCUT2D eigenvalue weighted by Gasteiger charge is 2.30. The first-order valence-electron chi connectivity index (χ1n) is 16.4. The van der Waals surface area contributed by atoms with Crippen LogP contribution in [0.25, 0.3) is 11.1 Å². The molecule has 3 aliphatic rings. The number of urea groups is 1. The number of hydrogen-bond donors (Lipinski definition) is 1. The molecule has 1 N–H and O–H groups in total. The Morgan fingerprint density at radius 2 is 1.49 bits per heavy atom. The molecule has 0 saturated carbocycles. The van der Waals surface area contributed by atoms with Gasteiger partial charge in [0.2, 0.25) is 0 Å². The van der Waals surface area contributed by atoms with Gasteiger partial charge in [0.05, 0.1) is 12.3 Å². The van der Waals surface area contributed by atoms with E-state index < -0.39 is 0 Å². The van der Waals surface area contributed by atoms with Crippen molar-refractivity contribution in [3.05, 3.63) is 54.6 Å². The number of likely N-dealkylation sites (tertiary alicyclic amines) is 1. The predicted molar refractivity (Wildman–Crippen MR) is 170 cm³/mol. The molecule has 0 spiro atoms. The molecule has 9 heteroatoms. The number of hydrazine groups is 1. The highest BCUT2D eigenvalue weighted by molar-refractivity contribution is 5.93. The smallest absolute Gasteiger partial charge is 0.429 e. The molecule has 0 aliphatic carbocycles. The molecular weight excluding hydrogens is 542 g/mol. The Morgan fingerprint density at radius 1 is 0.814 bits per heavy atom. The molecule has 5 rings (SSSR count). The number of carbonyl (C=O) groups is 2. The quantitative estimate of drug-likeness (QED) is 0.318. The van der Waals surface area contributed by atoms with Gasteiger partial charge in [-0.1, -0.05) is 55.0 Å².